The van der Waals surface area contributed by atoms with Crippen molar-refractivity contribution in [3.8, 4) is 0 Å². The molecule has 6 atom stereocenters. The van der Waals surface area contributed by atoms with E-state index in [-0.39, 0.29) is 6.61 Å². The van der Waals surface area contributed by atoms with Gasteiger partial charge < -0.3 is 24.1 Å². The van der Waals surface area contributed by atoms with Crippen molar-refractivity contribution in [2.75, 3.05) is 6.61 Å². The Hall–Kier alpha value is -1.45. The first kappa shape index (κ1) is 21.3. The molecule has 1 aromatic carbocycles. The molecule has 0 spiro atoms. The Kier molecular flexibility index (Phi) is 6.16. The molecule has 154 valence electrons. The molecule has 0 radical (unpaired) electrons. The molecular formula is C19H29N3O5Si. The minimum Gasteiger partial charge on any atom is -0.432 e. The van der Waals surface area contributed by atoms with Crippen LogP contribution < -0.4 is 0 Å². The zero-order valence-corrected chi connectivity index (χ0v) is 17.7. The van der Waals surface area contributed by atoms with Crippen LogP contribution in [-0.2, 0) is 14.2 Å². The number of fused-ring (bicyclic) bond motifs is 1. The molecule has 9 heteroatoms. The molecule has 2 heterocycles. The van der Waals surface area contributed by atoms with Crippen molar-refractivity contribution in [1.82, 2.24) is 0 Å². The molecule has 0 bridgehead atoms. The van der Waals surface area contributed by atoms with Gasteiger partial charge >= 0.3 is 0 Å². The lowest BCUT2D eigenvalue weighted by Crippen LogP contribution is -2.61. The fourth-order valence-electron chi connectivity index (χ4n) is 3.59. The lowest BCUT2D eigenvalue weighted by molar-refractivity contribution is -0.314. The van der Waals surface area contributed by atoms with E-state index in [2.05, 4.69) is 10.0 Å². The van der Waals surface area contributed by atoms with Crippen molar-refractivity contribution in [2.45, 2.75) is 75.1 Å². The number of ether oxygens (including phenoxy) is 3. The Morgan fingerprint density at radius 1 is 1.25 bits per heavy atom. The maximum Gasteiger partial charge on any atom is 0.188 e. The van der Waals surface area contributed by atoms with E-state index in [1.54, 1.807) is 0 Å². The van der Waals surface area contributed by atoms with E-state index in [1.165, 1.54) is 0 Å². The highest BCUT2D eigenvalue weighted by atomic mass is 28.4. The van der Waals surface area contributed by atoms with Crippen LogP contribution in [0.3, 0.4) is 0 Å². The van der Waals surface area contributed by atoms with Crippen molar-refractivity contribution in [2.24, 2.45) is 5.11 Å². The number of hydrogen-bond donors (Lipinski definition) is 2. The lowest BCUT2D eigenvalue weighted by Gasteiger charge is -2.49. The van der Waals surface area contributed by atoms with Gasteiger partial charge in [0.1, 0.15) is 12.2 Å². The number of nitrogens with zero attached hydrogens (tertiary/aromatic N) is 3. The number of rotatable bonds is 5. The monoisotopic (exact) mass is 407 g/mol. The molecular weight excluding hydrogens is 378 g/mol. The molecule has 0 aliphatic carbocycles. The van der Waals surface area contributed by atoms with Crippen LogP contribution in [0.4, 0.5) is 0 Å². The highest BCUT2D eigenvalue weighted by Gasteiger charge is 2.51. The topological polar surface area (TPSA) is 117 Å². The molecule has 2 aliphatic heterocycles. The number of azide groups is 1. The third kappa shape index (κ3) is 4.26. The summed E-state index contributed by atoms with van der Waals surface area (Å²) in [5.74, 6) is 0. The van der Waals surface area contributed by atoms with Gasteiger partial charge in [0.2, 0.25) is 0 Å². The van der Waals surface area contributed by atoms with Crippen molar-refractivity contribution in [3.63, 3.8) is 0 Å². The summed E-state index contributed by atoms with van der Waals surface area (Å²) in [6, 6.07) is 8.68. The number of hydrogen-bond acceptors (Lipinski definition) is 6. The van der Waals surface area contributed by atoms with Gasteiger partial charge in [-0.1, -0.05) is 49.3 Å². The van der Waals surface area contributed by atoms with Gasteiger partial charge in [-0.2, -0.15) is 0 Å². The van der Waals surface area contributed by atoms with Crippen LogP contribution in [0.2, 0.25) is 18.1 Å². The van der Waals surface area contributed by atoms with Crippen molar-refractivity contribution in [3.05, 3.63) is 46.3 Å². The van der Waals surface area contributed by atoms with Gasteiger partial charge in [-0.05, 0) is 30.1 Å². The molecule has 2 aliphatic rings. The summed E-state index contributed by atoms with van der Waals surface area (Å²) < 4.78 is 18.0. The van der Waals surface area contributed by atoms with E-state index < -0.39 is 50.1 Å². The first-order valence-electron chi connectivity index (χ1n) is 9.56. The minimum atomic E-state index is -2.50. The molecule has 3 rings (SSSR count). The first-order chi connectivity index (χ1) is 13.1. The van der Waals surface area contributed by atoms with Crippen LogP contribution in [0, 0.1) is 0 Å². The normalized spacial score (nSPS) is 33.6. The fourth-order valence-corrected chi connectivity index (χ4v) is 4.29. The maximum atomic E-state index is 11.0. The van der Waals surface area contributed by atoms with Crippen LogP contribution in [0.25, 0.3) is 10.4 Å². The Labute approximate surface area is 166 Å². The quantitative estimate of drug-likeness (QED) is 0.336. The SMILES string of the molecule is CC(C)(C[C@@H]1OC2COC(c3ccccc3)O[C@H]2[C@H](O)[C@@H]1N=[N+]=[N-])[Si](C)(C)O. The fraction of sp³-hybridized carbons (Fsp3) is 0.684. The largest absolute Gasteiger partial charge is 0.432 e. The molecule has 2 fully saturated rings. The van der Waals surface area contributed by atoms with E-state index >= 15 is 0 Å². The molecule has 28 heavy (non-hydrogen) atoms. The average Bonchev–Trinajstić information content (AvgIpc) is 2.64. The van der Waals surface area contributed by atoms with E-state index in [0.29, 0.717) is 6.42 Å². The van der Waals surface area contributed by atoms with E-state index in [1.807, 2.05) is 57.3 Å². The van der Waals surface area contributed by atoms with Crippen LogP contribution in [-0.4, -0.2) is 55.3 Å². The predicted octanol–water partition coefficient (Wildman–Crippen LogP) is 3.28. The summed E-state index contributed by atoms with van der Waals surface area (Å²) >= 11 is 0. The molecule has 2 N–H and O–H groups in total. The molecule has 0 aromatic heterocycles. The minimum absolute atomic E-state index is 0.265. The van der Waals surface area contributed by atoms with Crippen LogP contribution in [0.5, 0.6) is 0 Å². The zero-order chi connectivity index (χ0) is 20.5. The van der Waals surface area contributed by atoms with Gasteiger partial charge in [-0.25, -0.2) is 0 Å². The predicted molar refractivity (Wildman–Crippen MR) is 106 cm³/mol. The average molecular weight is 408 g/mol. The Bertz CT molecular complexity index is 720. The molecule has 2 unspecified atom stereocenters. The van der Waals surface area contributed by atoms with E-state index in [9.17, 15) is 9.90 Å². The summed E-state index contributed by atoms with van der Waals surface area (Å²) in [7, 11) is -2.50. The van der Waals surface area contributed by atoms with Gasteiger partial charge in [-0.3, -0.25) is 0 Å². The zero-order valence-electron chi connectivity index (χ0n) is 16.7. The van der Waals surface area contributed by atoms with E-state index in [0.717, 1.165) is 5.56 Å². The van der Waals surface area contributed by atoms with Crippen LogP contribution in [0.1, 0.15) is 32.1 Å². The lowest BCUT2D eigenvalue weighted by atomic mass is 9.88. The third-order valence-corrected chi connectivity index (χ3v) is 9.62. The first-order valence-corrected chi connectivity index (χ1v) is 12.5. The van der Waals surface area contributed by atoms with Gasteiger partial charge in [-0.15, -0.1) is 0 Å². The van der Waals surface area contributed by atoms with Gasteiger partial charge in [0.15, 0.2) is 14.6 Å². The maximum absolute atomic E-state index is 11.0. The van der Waals surface area contributed by atoms with Crippen LogP contribution >= 0.6 is 0 Å². The highest BCUT2D eigenvalue weighted by molar-refractivity contribution is 6.72. The highest BCUT2D eigenvalue weighted by Crippen LogP contribution is 2.44. The van der Waals surface area contributed by atoms with Gasteiger partial charge in [0.25, 0.3) is 0 Å². The summed E-state index contributed by atoms with van der Waals surface area (Å²) in [6.07, 6.45) is -2.81. The van der Waals surface area contributed by atoms with Gasteiger partial charge in [0, 0.05) is 10.5 Å². The number of aliphatic hydroxyl groups is 1. The summed E-state index contributed by atoms with van der Waals surface area (Å²) in [5, 5.41) is 14.4. The second-order valence-electron chi connectivity index (χ2n) is 8.72. The molecule has 0 amide bonds. The van der Waals surface area contributed by atoms with E-state index in [4.69, 9.17) is 19.7 Å². The Balaban J connectivity index is 1.80. The second kappa shape index (κ2) is 8.12. The van der Waals surface area contributed by atoms with Gasteiger partial charge in [0.05, 0.1) is 24.9 Å². The van der Waals surface area contributed by atoms with Crippen molar-refractivity contribution >= 4 is 8.32 Å². The standard InChI is InChI=1S/C19H29N3O5Si/c1-19(2,28(3,4)24)10-13-15(21-22-20)16(23)17-14(26-13)11-25-18(27-17)12-8-6-5-7-9-12/h5-9,13-18,23-24H,10-11H2,1-4H3/t13-,14?,15+,16+,17+,18?/m0/s1. The van der Waals surface area contributed by atoms with Crippen LogP contribution in [0.15, 0.2) is 35.4 Å². The number of aliphatic hydroxyl groups excluding tert-OH is 1. The smallest absolute Gasteiger partial charge is 0.188 e. The van der Waals surface area contributed by atoms with Crippen molar-refractivity contribution in [1.29, 1.82) is 0 Å². The summed E-state index contributed by atoms with van der Waals surface area (Å²) in [5.41, 5.74) is 9.88. The molecule has 0 saturated carbocycles. The summed E-state index contributed by atoms with van der Waals surface area (Å²) in [4.78, 5) is 13.5. The summed E-state index contributed by atoms with van der Waals surface area (Å²) in [6.45, 7) is 7.96. The van der Waals surface area contributed by atoms with Crippen molar-refractivity contribution < 1.29 is 24.1 Å². The molecule has 1 aromatic rings. The Morgan fingerprint density at radius 3 is 2.54 bits per heavy atom. The third-order valence-electron chi connectivity index (χ3n) is 6.10. The molecule has 8 nitrogen and oxygen atoms in total. The number of benzene rings is 1. The Morgan fingerprint density at radius 2 is 1.93 bits per heavy atom. The molecule has 2 saturated heterocycles. The second-order valence-corrected chi connectivity index (χ2v) is 13.2.